The Balaban J connectivity index is 1.42. The van der Waals surface area contributed by atoms with E-state index in [0.717, 1.165) is 28.4 Å². The van der Waals surface area contributed by atoms with Gasteiger partial charge in [0.1, 0.15) is 0 Å². The molecule has 0 aliphatic carbocycles. The molecule has 1 heterocycles. The number of benzene rings is 3. The summed E-state index contributed by atoms with van der Waals surface area (Å²) in [6.07, 6.45) is -4.58. The topological polar surface area (TPSA) is 138 Å². The first-order chi connectivity index (χ1) is 17.4. The number of sulfonamides is 1. The van der Waals surface area contributed by atoms with Crippen molar-refractivity contribution >= 4 is 27.6 Å². The Bertz CT molecular complexity index is 1600. The maximum atomic E-state index is 13.0. The molecule has 0 bridgehead atoms. The summed E-state index contributed by atoms with van der Waals surface area (Å²) >= 11 is 0. The van der Waals surface area contributed by atoms with Crippen LogP contribution in [0.25, 0.3) is 5.69 Å². The zero-order chi connectivity index (χ0) is 26.8. The first-order valence-corrected chi connectivity index (χ1v) is 12.0. The Morgan fingerprint density at radius 1 is 1.00 bits per heavy atom. The standard InChI is InChI=1S/C23H19F3N6O4S/c1-14-5-11-19(12-6-14)37(35,36)31-29-20(33)15-7-9-17(10-8-15)27-21-28-22(34)32(30-21)18-4-2-3-16(13-18)23(24,25)26/h2-13,31H,1H3,(H,29,33)(H2,27,28,30,34). The van der Waals surface area contributed by atoms with Gasteiger partial charge in [-0.3, -0.25) is 15.2 Å². The highest BCUT2D eigenvalue weighted by Gasteiger charge is 2.30. The molecule has 0 fully saturated rings. The van der Waals surface area contributed by atoms with Gasteiger partial charge in [0, 0.05) is 11.3 Å². The first kappa shape index (κ1) is 25.7. The van der Waals surface area contributed by atoms with E-state index in [2.05, 4.69) is 20.8 Å². The molecule has 0 atom stereocenters. The second-order valence-electron chi connectivity index (χ2n) is 7.81. The van der Waals surface area contributed by atoms with Crippen molar-refractivity contribution in [3.8, 4) is 5.69 Å². The van der Waals surface area contributed by atoms with Crippen molar-refractivity contribution in [2.75, 3.05) is 5.32 Å². The minimum atomic E-state index is -4.58. The number of nitrogens with one attached hydrogen (secondary N) is 4. The lowest BCUT2D eigenvalue weighted by molar-refractivity contribution is -0.137. The average molecular weight is 533 g/mol. The first-order valence-electron chi connectivity index (χ1n) is 10.6. The van der Waals surface area contributed by atoms with Crippen LogP contribution in [-0.2, 0) is 16.2 Å². The fourth-order valence-corrected chi connectivity index (χ4v) is 4.01. The van der Waals surface area contributed by atoms with Gasteiger partial charge in [0.05, 0.1) is 16.1 Å². The number of anilines is 2. The van der Waals surface area contributed by atoms with E-state index in [4.69, 9.17) is 0 Å². The summed E-state index contributed by atoms with van der Waals surface area (Å²) in [4.78, 5) is 29.0. The molecular formula is C23H19F3N6O4S. The number of hydrogen-bond donors (Lipinski definition) is 4. The fraction of sp³-hybridized carbons (Fsp3) is 0.0870. The summed E-state index contributed by atoms with van der Waals surface area (Å²) in [7, 11) is -3.97. The van der Waals surface area contributed by atoms with Crippen LogP contribution in [0.3, 0.4) is 0 Å². The minimum absolute atomic E-state index is 0.0171. The van der Waals surface area contributed by atoms with Crippen molar-refractivity contribution in [2.24, 2.45) is 0 Å². The number of nitrogens with zero attached hydrogens (tertiary/aromatic N) is 2. The summed E-state index contributed by atoms with van der Waals surface area (Å²) in [6.45, 7) is 1.81. The quantitative estimate of drug-likeness (QED) is 0.270. The number of aromatic amines is 1. The van der Waals surface area contributed by atoms with Crippen molar-refractivity contribution in [1.29, 1.82) is 0 Å². The van der Waals surface area contributed by atoms with Gasteiger partial charge in [-0.15, -0.1) is 9.93 Å². The number of amides is 1. The van der Waals surface area contributed by atoms with Gasteiger partial charge >= 0.3 is 11.9 Å². The van der Waals surface area contributed by atoms with Gasteiger partial charge in [0.25, 0.3) is 15.9 Å². The molecule has 4 aromatic rings. The highest BCUT2D eigenvalue weighted by atomic mass is 32.2. The number of H-pyrrole nitrogens is 1. The van der Waals surface area contributed by atoms with Gasteiger partial charge in [-0.05, 0) is 61.5 Å². The van der Waals surface area contributed by atoms with Crippen molar-refractivity contribution in [1.82, 2.24) is 25.0 Å². The molecule has 0 aliphatic heterocycles. The van der Waals surface area contributed by atoms with E-state index in [1.54, 1.807) is 12.1 Å². The highest BCUT2D eigenvalue weighted by molar-refractivity contribution is 7.89. The van der Waals surface area contributed by atoms with Crippen LogP contribution in [-0.4, -0.2) is 29.1 Å². The van der Waals surface area contributed by atoms with E-state index in [9.17, 15) is 31.2 Å². The lowest BCUT2D eigenvalue weighted by Crippen LogP contribution is -2.41. The van der Waals surface area contributed by atoms with E-state index < -0.39 is 33.4 Å². The fourth-order valence-electron chi connectivity index (χ4n) is 3.17. The van der Waals surface area contributed by atoms with Gasteiger partial charge in [0.15, 0.2) is 0 Å². The second kappa shape index (κ2) is 9.91. The zero-order valence-electron chi connectivity index (χ0n) is 19.0. The number of hydrogen-bond acceptors (Lipinski definition) is 6. The van der Waals surface area contributed by atoms with Gasteiger partial charge < -0.3 is 5.32 Å². The molecule has 192 valence electrons. The van der Waals surface area contributed by atoms with E-state index in [0.29, 0.717) is 5.69 Å². The van der Waals surface area contributed by atoms with Crippen LogP contribution in [0.5, 0.6) is 0 Å². The van der Waals surface area contributed by atoms with Crippen LogP contribution in [0.15, 0.2) is 82.5 Å². The van der Waals surface area contributed by atoms with Gasteiger partial charge in [0.2, 0.25) is 5.95 Å². The largest absolute Gasteiger partial charge is 0.416 e. The minimum Gasteiger partial charge on any atom is -0.324 e. The molecule has 4 N–H and O–H groups in total. The number of carbonyl (C=O) groups is 1. The summed E-state index contributed by atoms with van der Waals surface area (Å²) < 4.78 is 64.3. The normalized spacial score (nSPS) is 11.8. The molecule has 37 heavy (non-hydrogen) atoms. The smallest absolute Gasteiger partial charge is 0.324 e. The summed E-state index contributed by atoms with van der Waals surface area (Å²) in [6, 6.07) is 15.9. The molecule has 0 unspecified atom stereocenters. The lowest BCUT2D eigenvalue weighted by atomic mass is 10.2. The highest BCUT2D eigenvalue weighted by Crippen LogP contribution is 2.30. The van der Waals surface area contributed by atoms with E-state index >= 15 is 0 Å². The maximum absolute atomic E-state index is 13.0. The van der Waals surface area contributed by atoms with Crippen LogP contribution in [0.2, 0.25) is 0 Å². The van der Waals surface area contributed by atoms with Crippen LogP contribution in [0, 0.1) is 6.92 Å². The number of hydrazine groups is 1. The number of aromatic nitrogens is 3. The SMILES string of the molecule is Cc1ccc(S(=O)(=O)NNC(=O)c2ccc(Nc3nn(-c4cccc(C(F)(F)F)c4)c(=O)[nH]3)cc2)cc1. The van der Waals surface area contributed by atoms with Crippen molar-refractivity contribution < 1.29 is 26.4 Å². The molecule has 1 amide bonds. The molecule has 0 aliphatic rings. The number of alkyl halides is 3. The number of carbonyl (C=O) groups excluding carboxylic acids is 1. The Labute approximate surface area is 208 Å². The van der Waals surface area contributed by atoms with Crippen LogP contribution >= 0.6 is 0 Å². The van der Waals surface area contributed by atoms with Gasteiger partial charge in [-0.1, -0.05) is 23.8 Å². The molecule has 14 heteroatoms. The second-order valence-corrected chi connectivity index (χ2v) is 9.50. The number of rotatable bonds is 7. The van der Waals surface area contributed by atoms with Crippen molar-refractivity contribution in [2.45, 2.75) is 18.0 Å². The van der Waals surface area contributed by atoms with Crippen LogP contribution in [0.1, 0.15) is 21.5 Å². The molecule has 10 nitrogen and oxygen atoms in total. The Morgan fingerprint density at radius 2 is 1.68 bits per heavy atom. The lowest BCUT2D eigenvalue weighted by Gasteiger charge is -2.09. The molecular weight excluding hydrogens is 513 g/mol. The molecule has 0 saturated carbocycles. The van der Waals surface area contributed by atoms with E-state index in [-0.39, 0.29) is 22.1 Å². The molecule has 1 aromatic heterocycles. The Hall–Kier alpha value is -4.43. The van der Waals surface area contributed by atoms with E-state index in [1.165, 1.54) is 42.5 Å². The van der Waals surface area contributed by atoms with Gasteiger partial charge in [-0.25, -0.2) is 13.2 Å². The van der Waals surface area contributed by atoms with Gasteiger partial charge in [-0.2, -0.15) is 17.9 Å². The monoisotopic (exact) mass is 532 g/mol. The molecule has 0 saturated heterocycles. The molecule has 3 aromatic carbocycles. The molecule has 0 spiro atoms. The predicted molar refractivity (Wildman–Crippen MR) is 128 cm³/mol. The third-order valence-corrected chi connectivity index (χ3v) is 6.34. The Kier molecular flexibility index (Phi) is 6.87. The third kappa shape index (κ3) is 6.05. The molecule has 4 rings (SSSR count). The maximum Gasteiger partial charge on any atom is 0.416 e. The number of aryl methyl sites for hydroxylation is 1. The predicted octanol–water partition coefficient (Wildman–Crippen LogP) is 3.25. The molecule has 0 radical (unpaired) electrons. The zero-order valence-corrected chi connectivity index (χ0v) is 19.8. The van der Waals surface area contributed by atoms with Crippen LogP contribution in [0.4, 0.5) is 24.8 Å². The average Bonchev–Trinajstić information content (AvgIpc) is 3.22. The summed E-state index contributed by atoms with van der Waals surface area (Å²) in [5.74, 6) is -0.769. The van der Waals surface area contributed by atoms with Crippen LogP contribution < -0.4 is 21.3 Å². The summed E-state index contributed by atoms with van der Waals surface area (Å²) in [5, 5.41) is 6.74. The number of halogens is 3. The third-order valence-electron chi connectivity index (χ3n) is 5.08. The van der Waals surface area contributed by atoms with Crippen molar-refractivity contribution in [3.05, 3.63) is 100.0 Å². The van der Waals surface area contributed by atoms with E-state index in [1.807, 2.05) is 11.8 Å². The van der Waals surface area contributed by atoms with Crippen molar-refractivity contribution in [3.63, 3.8) is 0 Å². The Morgan fingerprint density at radius 3 is 2.32 bits per heavy atom. The summed E-state index contributed by atoms with van der Waals surface area (Å²) in [5.41, 5.74) is 1.75.